The summed E-state index contributed by atoms with van der Waals surface area (Å²) in [6.45, 7) is 8.38. The monoisotopic (exact) mass is 290 g/mol. The fourth-order valence-electron chi connectivity index (χ4n) is 2.75. The number of hydrogen-bond acceptors (Lipinski definition) is 3. The summed E-state index contributed by atoms with van der Waals surface area (Å²) in [6.07, 6.45) is 3.64. The van der Waals surface area contributed by atoms with Crippen LogP contribution in [0.15, 0.2) is 18.2 Å². The average Bonchev–Trinajstić information content (AvgIpc) is 2.93. The van der Waals surface area contributed by atoms with E-state index < -0.39 is 0 Å². The molecule has 1 amide bonds. The van der Waals surface area contributed by atoms with Gasteiger partial charge in [-0.05, 0) is 76.0 Å². The van der Waals surface area contributed by atoms with Gasteiger partial charge in [0.1, 0.15) is 5.75 Å². The van der Waals surface area contributed by atoms with Gasteiger partial charge >= 0.3 is 0 Å². The Labute approximate surface area is 127 Å². The molecule has 4 heteroatoms. The van der Waals surface area contributed by atoms with E-state index in [1.807, 2.05) is 26.0 Å². The molecule has 1 N–H and O–H groups in total. The molecule has 1 aromatic rings. The zero-order chi connectivity index (χ0) is 15.1. The fraction of sp³-hybridized carbons (Fsp3) is 0.588. The van der Waals surface area contributed by atoms with Crippen LogP contribution in [0.4, 0.5) is 0 Å². The summed E-state index contributed by atoms with van der Waals surface area (Å²) >= 11 is 0. The van der Waals surface area contributed by atoms with E-state index in [4.69, 9.17) is 4.74 Å². The highest BCUT2D eigenvalue weighted by Crippen LogP contribution is 2.15. The summed E-state index contributed by atoms with van der Waals surface area (Å²) in [7, 11) is 0. The van der Waals surface area contributed by atoms with Crippen LogP contribution in [0.3, 0.4) is 0 Å². The Bertz CT molecular complexity index is 448. The molecule has 0 aliphatic carbocycles. The van der Waals surface area contributed by atoms with Crippen molar-refractivity contribution >= 4 is 5.91 Å². The molecule has 1 saturated heterocycles. The SMILES string of the molecule is Cc1cc(C)cc(OCC(=O)NCCCN2CCCC2)c1. The maximum atomic E-state index is 11.7. The highest BCUT2D eigenvalue weighted by atomic mass is 16.5. The predicted octanol–water partition coefficient (Wildman–Crippen LogP) is 2.28. The van der Waals surface area contributed by atoms with Crippen LogP contribution in [0.1, 0.15) is 30.4 Å². The number of carbonyl (C=O) groups is 1. The first-order valence-electron chi connectivity index (χ1n) is 7.83. The van der Waals surface area contributed by atoms with Crippen LogP contribution < -0.4 is 10.1 Å². The topological polar surface area (TPSA) is 41.6 Å². The lowest BCUT2D eigenvalue weighted by Crippen LogP contribution is -2.32. The summed E-state index contributed by atoms with van der Waals surface area (Å²) in [4.78, 5) is 14.2. The molecule has 1 fully saturated rings. The number of carbonyl (C=O) groups excluding carboxylic acids is 1. The first-order valence-corrected chi connectivity index (χ1v) is 7.83. The zero-order valence-electron chi connectivity index (χ0n) is 13.2. The smallest absolute Gasteiger partial charge is 0.257 e. The highest BCUT2D eigenvalue weighted by molar-refractivity contribution is 5.77. The number of hydrogen-bond donors (Lipinski definition) is 1. The third kappa shape index (κ3) is 5.76. The van der Waals surface area contributed by atoms with Gasteiger partial charge < -0.3 is 15.0 Å². The highest BCUT2D eigenvalue weighted by Gasteiger charge is 2.10. The summed E-state index contributed by atoms with van der Waals surface area (Å²) < 4.78 is 5.54. The number of benzene rings is 1. The van der Waals surface area contributed by atoms with Crippen molar-refractivity contribution in [2.24, 2.45) is 0 Å². The standard InChI is InChI=1S/C17H26N2O2/c1-14-10-15(2)12-16(11-14)21-13-17(20)18-6-5-9-19-7-3-4-8-19/h10-12H,3-9,13H2,1-2H3,(H,18,20). The maximum Gasteiger partial charge on any atom is 0.257 e. The first kappa shape index (κ1) is 15.8. The number of nitrogens with one attached hydrogen (secondary N) is 1. The molecule has 0 bridgehead atoms. The van der Waals surface area contributed by atoms with Crippen molar-refractivity contribution in [2.45, 2.75) is 33.1 Å². The van der Waals surface area contributed by atoms with E-state index in [2.05, 4.69) is 16.3 Å². The second-order valence-corrected chi connectivity index (χ2v) is 5.86. The molecule has 116 valence electrons. The molecule has 1 aliphatic rings. The lowest BCUT2D eigenvalue weighted by atomic mass is 10.1. The van der Waals surface area contributed by atoms with Crippen molar-refractivity contribution in [1.29, 1.82) is 0 Å². The molecule has 0 unspecified atom stereocenters. The van der Waals surface area contributed by atoms with Crippen LogP contribution in [0.2, 0.25) is 0 Å². The Balaban J connectivity index is 1.60. The molecule has 0 aromatic heterocycles. The second kappa shape index (κ2) is 8.03. The Morgan fingerprint density at radius 1 is 1.19 bits per heavy atom. The fourth-order valence-corrected chi connectivity index (χ4v) is 2.75. The molecule has 4 nitrogen and oxygen atoms in total. The van der Waals surface area contributed by atoms with E-state index in [1.165, 1.54) is 25.9 Å². The van der Waals surface area contributed by atoms with Crippen LogP contribution >= 0.6 is 0 Å². The van der Waals surface area contributed by atoms with Gasteiger partial charge in [-0.15, -0.1) is 0 Å². The van der Waals surface area contributed by atoms with Crippen LogP contribution in [0, 0.1) is 13.8 Å². The normalized spacial score (nSPS) is 15.1. The summed E-state index contributed by atoms with van der Waals surface area (Å²) in [5, 5.41) is 2.92. The largest absolute Gasteiger partial charge is 0.484 e. The number of rotatable bonds is 7. The maximum absolute atomic E-state index is 11.7. The van der Waals surface area contributed by atoms with E-state index in [1.54, 1.807) is 0 Å². The van der Waals surface area contributed by atoms with Crippen LogP contribution in [0.5, 0.6) is 5.75 Å². The summed E-state index contributed by atoms with van der Waals surface area (Å²) in [5.74, 6) is 0.718. The molecule has 1 heterocycles. The van der Waals surface area contributed by atoms with Gasteiger partial charge in [-0.1, -0.05) is 6.07 Å². The van der Waals surface area contributed by atoms with Crippen molar-refractivity contribution in [3.05, 3.63) is 29.3 Å². The van der Waals surface area contributed by atoms with Crippen molar-refractivity contribution in [2.75, 3.05) is 32.8 Å². The molecule has 0 spiro atoms. The average molecular weight is 290 g/mol. The van der Waals surface area contributed by atoms with Gasteiger partial charge in [0.15, 0.2) is 6.61 Å². The minimum Gasteiger partial charge on any atom is -0.484 e. The molecule has 2 rings (SSSR count). The van der Waals surface area contributed by atoms with E-state index in [9.17, 15) is 4.79 Å². The molecule has 0 atom stereocenters. The first-order chi connectivity index (χ1) is 10.1. The van der Waals surface area contributed by atoms with Crippen LogP contribution in [0.25, 0.3) is 0 Å². The third-order valence-corrected chi connectivity index (χ3v) is 3.74. The number of nitrogens with zero attached hydrogens (tertiary/aromatic N) is 1. The van der Waals surface area contributed by atoms with E-state index in [0.717, 1.165) is 36.4 Å². The minimum absolute atomic E-state index is 0.0458. The number of amides is 1. The molecular formula is C17H26N2O2. The summed E-state index contributed by atoms with van der Waals surface area (Å²) in [5.41, 5.74) is 2.30. The number of likely N-dealkylation sites (tertiary alicyclic amines) is 1. The molecule has 1 aromatic carbocycles. The Kier molecular flexibility index (Phi) is 6.05. The van der Waals surface area contributed by atoms with Gasteiger partial charge in [-0.3, -0.25) is 4.79 Å². The van der Waals surface area contributed by atoms with E-state index in [0.29, 0.717) is 0 Å². The number of ether oxygens (including phenoxy) is 1. The molecular weight excluding hydrogens is 264 g/mol. The van der Waals surface area contributed by atoms with Crippen molar-refractivity contribution in [3.8, 4) is 5.75 Å². The molecule has 1 aliphatic heterocycles. The van der Waals surface area contributed by atoms with Crippen LogP contribution in [-0.2, 0) is 4.79 Å². The molecule has 0 radical (unpaired) electrons. The second-order valence-electron chi connectivity index (χ2n) is 5.86. The lowest BCUT2D eigenvalue weighted by Gasteiger charge is -2.14. The van der Waals surface area contributed by atoms with Crippen molar-refractivity contribution in [1.82, 2.24) is 10.2 Å². The summed E-state index contributed by atoms with van der Waals surface area (Å²) in [6, 6.07) is 5.99. The van der Waals surface area contributed by atoms with E-state index >= 15 is 0 Å². The van der Waals surface area contributed by atoms with Crippen molar-refractivity contribution < 1.29 is 9.53 Å². The molecule has 0 saturated carbocycles. The van der Waals surface area contributed by atoms with Crippen LogP contribution in [-0.4, -0.2) is 43.6 Å². The van der Waals surface area contributed by atoms with Gasteiger partial charge in [-0.2, -0.15) is 0 Å². The quantitative estimate of drug-likeness (QED) is 0.783. The third-order valence-electron chi connectivity index (χ3n) is 3.74. The lowest BCUT2D eigenvalue weighted by molar-refractivity contribution is -0.123. The molecule has 21 heavy (non-hydrogen) atoms. The number of aryl methyl sites for hydroxylation is 2. The van der Waals surface area contributed by atoms with E-state index in [-0.39, 0.29) is 12.5 Å². The predicted molar refractivity (Wildman–Crippen MR) is 84.7 cm³/mol. The Morgan fingerprint density at radius 3 is 2.52 bits per heavy atom. The minimum atomic E-state index is -0.0458. The van der Waals surface area contributed by atoms with Crippen molar-refractivity contribution in [3.63, 3.8) is 0 Å². The van der Waals surface area contributed by atoms with Gasteiger partial charge in [0, 0.05) is 6.54 Å². The van der Waals surface area contributed by atoms with Gasteiger partial charge in [0.2, 0.25) is 0 Å². The Morgan fingerprint density at radius 2 is 1.86 bits per heavy atom. The van der Waals surface area contributed by atoms with Gasteiger partial charge in [0.05, 0.1) is 0 Å². The Hall–Kier alpha value is -1.55. The zero-order valence-corrected chi connectivity index (χ0v) is 13.2. The van der Waals surface area contributed by atoms with Gasteiger partial charge in [-0.25, -0.2) is 0 Å². The van der Waals surface area contributed by atoms with Gasteiger partial charge in [0.25, 0.3) is 5.91 Å².